The van der Waals surface area contributed by atoms with E-state index in [9.17, 15) is 9.59 Å². The van der Waals surface area contributed by atoms with E-state index >= 15 is 0 Å². The predicted molar refractivity (Wildman–Crippen MR) is 81.9 cm³/mol. The minimum Gasteiger partial charge on any atom is -0.449 e. The highest BCUT2D eigenvalue weighted by Crippen LogP contribution is 2.20. The minimum atomic E-state index is -1.50. The first-order valence-electron chi connectivity index (χ1n) is 6.81. The Labute approximate surface area is 125 Å². The van der Waals surface area contributed by atoms with Gasteiger partial charge in [-0.15, -0.1) is 0 Å². The molecule has 3 aromatic rings. The maximum absolute atomic E-state index is 12.3. The lowest BCUT2D eigenvalue weighted by Crippen LogP contribution is -2.16. The molecule has 2 heterocycles. The second-order valence-corrected chi connectivity index (χ2v) is 4.77. The van der Waals surface area contributed by atoms with Crippen molar-refractivity contribution in [2.24, 2.45) is 0 Å². The Bertz CT molecular complexity index is 894. The fraction of sp³-hybridized carbons (Fsp3) is 0.125. The van der Waals surface area contributed by atoms with E-state index in [1.807, 2.05) is 48.1 Å². The number of aromatic nitrogens is 2. The van der Waals surface area contributed by atoms with Gasteiger partial charge in [0.1, 0.15) is 0 Å². The number of nitrogens with zero attached hydrogens (tertiary/aromatic N) is 2. The largest absolute Gasteiger partial charge is 0.511 e. The first-order chi connectivity index (χ1) is 10.6. The highest BCUT2D eigenvalue weighted by molar-refractivity contribution is 5.83. The summed E-state index contributed by atoms with van der Waals surface area (Å²) in [5, 5.41) is 9.15. The molecule has 0 amide bonds. The molecular weight excluding hydrogens is 284 g/mol. The lowest BCUT2D eigenvalue weighted by Gasteiger charge is -2.12. The summed E-state index contributed by atoms with van der Waals surface area (Å²) in [6, 6.07) is 9.23. The predicted octanol–water partition coefficient (Wildman–Crippen LogP) is 2.87. The van der Waals surface area contributed by atoms with Crippen LogP contribution in [-0.2, 0) is 6.54 Å². The Morgan fingerprint density at radius 3 is 2.64 bits per heavy atom. The van der Waals surface area contributed by atoms with Crippen molar-refractivity contribution >= 4 is 17.1 Å². The van der Waals surface area contributed by atoms with Crippen molar-refractivity contribution < 1.29 is 14.6 Å². The molecule has 0 unspecified atom stereocenters. The highest BCUT2D eigenvalue weighted by Gasteiger charge is 2.13. The number of hydrogen-bond donors (Lipinski definition) is 1. The van der Waals surface area contributed by atoms with Crippen LogP contribution < -0.4 is 10.2 Å². The monoisotopic (exact) mass is 298 g/mol. The normalized spacial score (nSPS) is 10.8. The molecule has 112 valence electrons. The zero-order chi connectivity index (χ0) is 15.7. The van der Waals surface area contributed by atoms with Crippen molar-refractivity contribution in [2.45, 2.75) is 13.5 Å². The Balaban J connectivity index is 2.25. The summed E-state index contributed by atoms with van der Waals surface area (Å²) in [4.78, 5) is 23.0. The van der Waals surface area contributed by atoms with E-state index in [4.69, 9.17) is 5.11 Å². The van der Waals surface area contributed by atoms with Crippen molar-refractivity contribution in [2.75, 3.05) is 0 Å². The van der Waals surface area contributed by atoms with Gasteiger partial charge in [0.15, 0.2) is 5.75 Å². The van der Waals surface area contributed by atoms with Gasteiger partial charge in [0.2, 0.25) is 5.43 Å². The van der Waals surface area contributed by atoms with Gasteiger partial charge in [0, 0.05) is 30.0 Å². The molecule has 22 heavy (non-hydrogen) atoms. The summed E-state index contributed by atoms with van der Waals surface area (Å²) in [5.74, 6) is -0.185. The average molecular weight is 298 g/mol. The van der Waals surface area contributed by atoms with Crippen LogP contribution in [0.1, 0.15) is 6.92 Å². The molecule has 0 fully saturated rings. The van der Waals surface area contributed by atoms with Crippen LogP contribution in [0.2, 0.25) is 0 Å². The third-order valence-electron chi connectivity index (χ3n) is 3.47. The van der Waals surface area contributed by atoms with Crippen LogP contribution in [0.25, 0.3) is 16.6 Å². The number of carbonyl (C=O) groups is 1. The molecule has 0 spiro atoms. The Morgan fingerprint density at radius 2 is 2.00 bits per heavy atom. The Kier molecular flexibility index (Phi) is 3.42. The van der Waals surface area contributed by atoms with E-state index in [1.54, 1.807) is 10.6 Å². The molecule has 0 atom stereocenters. The molecule has 0 bridgehead atoms. The molecule has 0 radical (unpaired) electrons. The molecule has 2 aromatic heterocycles. The number of pyridine rings is 1. The first kappa shape index (κ1) is 13.9. The second kappa shape index (κ2) is 5.40. The van der Waals surface area contributed by atoms with E-state index in [2.05, 4.69) is 4.74 Å². The lowest BCUT2D eigenvalue weighted by molar-refractivity contribution is 0.144. The van der Waals surface area contributed by atoms with Crippen LogP contribution in [-0.4, -0.2) is 20.4 Å². The van der Waals surface area contributed by atoms with Crippen molar-refractivity contribution in [3.05, 3.63) is 59.1 Å². The minimum absolute atomic E-state index is 0.185. The zero-order valence-electron chi connectivity index (χ0n) is 11.9. The van der Waals surface area contributed by atoms with E-state index in [-0.39, 0.29) is 5.75 Å². The first-order valence-corrected chi connectivity index (χ1v) is 6.81. The molecular formula is C16H14N2O4. The van der Waals surface area contributed by atoms with E-state index in [0.29, 0.717) is 11.9 Å². The summed E-state index contributed by atoms with van der Waals surface area (Å²) < 4.78 is 8.31. The van der Waals surface area contributed by atoms with Crippen LogP contribution in [0.5, 0.6) is 5.75 Å². The highest BCUT2D eigenvalue weighted by atomic mass is 16.7. The van der Waals surface area contributed by atoms with Gasteiger partial charge >= 0.3 is 6.16 Å². The number of carboxylic acid groups (broad SMARTS) is 1. The van der Waals surface area contributed by atoms with E-state index < -0.39 is 11.6 Å². The Hall–Kier alpha value is -3.02. The van der Waals surface area contributed by atoms with Crippen molar-refractivity contribution in [3.8, 4) is 11.4 Å². The van der Waals surface area contributed by atoms with Gasteiger partial charge < -0.3 is 19.0 Å². The topological polar surface area (TPSA) is 73.5 Å². The van der Waals surface area contributed by atoms with Crippen molar-refractivity contribution in [3.63, 3.8) is 0 Å². The van der Waals surface area contributed by atoms with Gasteiger partial charge in [0.05, 0.1) is 11.7 Å². The van der Waals surface area contributed by atoms with Crippen molar-refractivity contribution in [1.29, 1.82) is 0 Å². The molecule has 1 N–H and O–H groups in total. The molecule has 0 aliphatic carbocycles. The molecule has 0 saturated heterocycles. The molecule has 0 aliphatic heterocycles. The second-order valence-electron chi connectivity index (χ2n) is 4.77. The molecule has 6 heteroatoms. The quantitative estimate of drug-likeness (QED) is 0.755. The number of rotatable bonds is 3. The van der Waals surface area contributed by atoms with Crippen LogP contribution in [0, 0.1) is 0 Å². The Morgan fingerprint density at radius 1 is 1.27 bits per heavy atom. The fourth-order valence-corrected chi connectivity index (χ4v) is 2.45. The molecule has 1 aromatic carbocycles. The standard InChI is InChI=1S/C16H14N2O4/c1-2-17-10-14(22-16(20)21)15(19)12-6-5-11(9-13(12)17)18-7-3-4-8-18/h3-10H,2H2,1H3,(H,20,21). The van der Waals surface area contributed by atoms with E-state index in [0.717, 1.165) is 11.2 Å². The molecule has 6 nitrogen and oxygen atoms in total. The fourth-order valence-electron chi connectivity index (χ4n) is 2.45. The number of fused-ring (bicyclic) bond motifs is 1. The number of benzene rings is 1. The average Bonchev–Trinajstić information content (AvgIpc) is 3.03. The summed E-state index contributed by atoms with van der Waals surface area (Å²) in [5.41, 5.74) is 1.23. The van der Waals surface area contributed by atoms with Gasteiger partial charge in [-0.2, -0.15) is 0 Å². The van der Waals surface area contributed by atoms with Gasteiger partial charge in [-0.1, -0.05) is 0 Å². The van der Waals surface area contributed by atoms with Gasteiger partial charge in [-0.25, -0.2) is 4.79 Å². The summed E-state index contributed by atoms with van der Waals surface area (Å²) in [7, 11) is 0. The lowest BCUT2D eigenvalue weighted by atomic mass is 10.1. The van der Waals surface area contributed by atoms with Crippen LogP contribution in [0.3, 0.4) is 0 Å². The summed E-state index contributed by atoms with van der Waals surface area (Å²) in [6.45, 7) is 2.50. The molecule has 3 rings (SSSR count). The maximum Gasteiger partial charge on any atom is 0.511 e. The zero-order valence-corrected chi connectivity index (χ0v) is 11.9. The molecule has 0 saturated carbocycles. The van der Waals surface area contributed by atoms with Crippen molar-refractivity contribution in [1.82, 2.24) is 9.13 Å². The number of hydrogen-bond acceptors (Lipinski definition) is 3. The van der Waals surface area contributed by atoms with Gasteiger partial charge in [-0.3, -0.25) is 4.79 Å². The summed E-state index contributed by atoms with van der Waals surface area (Å²) in [6.07, 6.45) is 3.76. The van der Waals surface area contributed by atoms with Crippen LogP contribution >= 0.6 is 0 Å². The molecule has 0 aliphatic rings. The SMILES string of the molecule is CCn1cc(OC(=O)O)c(=O)c2ccc(-n3cccc3)cc21. The number of ether oxygens (including phenoxy) is 1. The maximum atomic E-state index is 12.3. The number of aryl methyl sites for hydroxylation is 1. The third kappa shape index (κ3) is 2.35. The van der Waals surface area contributed by atoms with Gasteiger partial charge in [-0.05, 0) is 37.3 Å². The van der Waals surface area contributed by atoms with Crippen LogP contribution in [0.4, 0.5) is 4.79 Å². The van der Waals surface area contributed by atoms with Gasteiger partial charge in [0.25, 0.3) is 0 Å². The summed E-state index contributed by atoms with van der Waals surface area (Å²) >= 11 is 0. The smallest absolute Gasteiger partial charge is 0.449 e. The third-order valence-corrected chi connectivity index (χ3v) is 3.47. The van der Waals surface area contributed by atoms with E-state index in [1.165, 1.54) is 6.20 Å². The van der Waals surface area contributed by atoms with Crippen LogP contribution in [0.15, 0.2) is 53.7 Å².